The Morgan fingerprint density at radius 3 is 2.74 bits per heavy atom. The second-order valence-electron chi connectivity index (χ2n) is 9.88. The van der Waals surface area contributed by atoms with Crippen LogP contribution in [0.3, 0.4) is 0 Å². The number of piperidine rings is 1. The van der Waals surface area contributed by atoms with Gasteiger partial charge in [-0.25, -0.2) is 4.39 Å². The van der Waals surface area contributed by atoms with Crippen molar-refractivity contribution in [1.82, 2.24) is 9.88 Å². The van der Waals surface area contributed by atoms with Crippen LogP contribution in [0.5, 0.6) is 5.75 Å². The lowest BCUT2D eigenvalue weighted by Crippen LogP contribution is -2.44. The van der Waals surface area contributed by atoms with E-state index >= 15 is 4.39 Å². The molecule has 1 aliphatic rings. The standard InChI is InChI=1S/C29H32F4N2O3/c1-38-21-9-11-27-23(17-21)22(12-14-34-27)26(30)10-8-19-13-16-35(18-24(19)28(36)37)15-4-6-20-5-2-3-7-25(20)29(31,32)33/h2-3,5,7,9,11-12,14,17,19,24,26H,4,6,8,10,13,15-16,18H2,1H3,(H,36,37)/t19-,24+,26?/m1/s1. The minimum absolute atomic E-state index is 0.171. The fourth-order valence-electron chi connectivity index (χ4n) is 5.47. The summed E-state index contributed by atoms with van der Waals surface area (Å²) >= 11 is 0. The predicted octanol–water partition coefficient (Wildman–Crippen LogP) is 6.71. The number of nitrogens with zero attached hydrogens (tertiary/aromatic N) is 2. The lowest BCUT2D eigenvalue weighted by molar-refractivity contribution is -0.146. The summed E-state index contributed by atoms with van der Waals surface area (Å²) < 4.78 is 60.4. The van der Waals surface area contributed by atoms with Crippen molar-refractivity contribution >= 4 is 16.9 Å². The molecule has 38 heavy (non-hydrogen) atoms. The molecule has 0 amide bonds. The van der Waals surface area contributed by atoms with E-state index in [9.17, 15) is 23.1 Å². The third-order valence-electron chi connectivity index (χ3n) is 7.51. The Balaban J connectivity index is 1.34. The number of carbonyl (C=O) groups is 1. The van der Waals surface area contributed by atoms with Crippen LogP contribution in [0.15, 0.2) is 54.7 Å². The first-order valence-electron chi connectivity index (χ1n) is 12.8. The van der Waals surface area contributed by atoms with Gasteiger partial charge in [0.15, 0.2) is 0 Å². The molecular weight excluding hydrogens is 500 g/mol. The van der Waals surface area contributed by atoms with Crippen LogP contribution in [0.1, 0.15) is 48.5 Å². The summed E-state index contributed by atoms with van der Waals surface area (Å²) in [5, 5.41) is 10.5. The zero-order valence-electron chi connectivity index (χ0n) is 21.3. The minimum Gasteiger partial charge on any atom is -0.497 e. The van der Waals surface area contributed by atoms with Crippen LogP contribution in [0.2, 0.25) is 0 Å². The second kappa shape index (κ2) is 12.1. The minimum atomic E-state index is -4.40. The number of aliphatic carboxylic acids is 1. The van der Waals surface area contributed by atoms with Gasteiger partial charge >= 0.3 is 12.1 Å². The van der Waals surface area contributed by atoms with Gasteiger partial charge in [0.25, 0.3) is 0 Å². The Morgan fingerprint density at radius 1 is 1.21 bits per heavy atom. The number of pyridine rings is 1. The molecule has 1 unspecified atom stereocenters. The van der Waals surface area contributed by atoms with Crippen molar-refractivity contribution in [2.45, 2.75) is 44.5 Å². The maximum Gasteiger partial charge on any atom is 0.416 e. The third kappa shape index (κ3) is 6.62. The van der Waals surface area contributed by atoms with Crippen molar-refractivity contribution in [2.75, 3.05) is 26.7 Å². The molecular formula is C29H32F4N2O3. The van der Waals surface area contributed by atoms with E-state index in [-0.39, 0.29) is 24.3 Å². The molecule has 1 fully saturated rings. The number of methoxy groups -OCH3 is 1. The quantitative estimate of drug-likeness (QED) is 0.294. The number of carboxylic acids is 1. The largest absolute Gasteiger partial charge is 0.497 e. The molecule has 3 atom stereocenters. The fraction of sp³-hybridized carbons (Fsp3) is 0.448. The van der Waals surface area contributed by atoms with E-state index in [0.29, 0.717) is 61.1 Å². The molecule has 0 aliphatic carbocycles. The highest BCUT2D eigenvalue weighted by atomic mass is 19.4. The van der Waals surface area contributed by atoms with Crippen LogP contribution in [-0.2, 0) is 17.4 Å². The van der Waals surface area contributed by atoms with Gasteiger partial charge in [0.2, 0.25) is 0 Å². The maximum atomic E-state index is 15.4. The van der Waals surface area contributed by atoms with Gasteiger partial charge in [-0.05, 0) is 92.6 Å². The molecule has 1 saturated heterocycles. The first-order valence-corrected chi connectivity index (χ1v) is 12.8. The Bertz CT molecular complexity index is 1250. The number of carboxylic acid groups (broad SMARTS) is 1. The number of hydrogen-bond acceptors (Lipinski definition) is 4. The number of rotatable bonds is 10. The molecule has 3 aromatic rings. The number of fused-ring (bicyclic) bond motifs is 1. The van der Waals surface area contributed by atoms with Gasteiger partial charge in [0.1, 0.15) is 11.9 Å². The van der Waals surface area contributed by atoms with E-state index in [0.717, 1.165) is 6.07 Å². The molecule has 1 aromatic heterocycles. The van der Waals surface area contributed by atoms with Crippen LogP contribution in [0, 0.1) is 11.8 Å². The topological polar surface area (TPSA) is 62.7 Å². The van der Waals surface area contributed by atoms with Crippen LogP contribution in [0.25, 0.3) is 10.9 Å². The van der Waals surface area contributed by atoms with Crippen LogP contribution < -0.4 is 4.74 Å². The molecule has 1 N–H and O–H groups in total. The van der Waals surface area contributed by atoms with Gasteiger partial charge < -0.3 is 14.7 Å². The van der Waals surface area contributed by atoms with Crippen molar-refractivity contribution in [3.63, 3.8) is 0 Å². The number of alkyl halides is 4. The lowest BCUT2D eigenvalue weighted by atomic mass is 9.81. The summed E-state index contributed by atoms with van der Waals surface area (Å²) in [6, 6.07) is 12.5. The number of benzene rings is 2. The van der Waals surface area contributed by atoms with Gasteiger partial charge in [0, 0.05) is 18.1 Å². The number of aromatic nitrogens is 1. The molecule has 5 nitrogen and oxygen atoms in total. The first kappa shape index (κ1) is 27.8. The van der Waals surface area contributed by atoms with E-state index in [1.54, 1.807) is 43.6 Å². The van der Waals surface area contributed by atoms with Gasteiger partial charge in [-0.1, -0.05) is 18.2 Å². The Labute approximate surface area is 219 Å². The molecule has 1 aliphatic heterocycles. The Morgan fingerprint density at radius 2 is 2.00 bits per heavy atom. The molecule has 9 heteroatoms. The summed E-state index contributed by atoms with van der Waals surface area (Å²) in [5.41, 5.74) is 0.807. The molecule has 2 aromatic carbocycles. The van der Waals surface area contributed by atoms with Gasteiger partial charge in [-0.15, -0.1) is 0 Å². The van der Waals surface area contributed by atoms with E-state index in [1.807, 2.05) is 4.90 Å². The van der Waals surface area contributed by atoms with E-state index in [2.05, 4.69) is 4.98 Å². The fourth-order valence-corrected chi connectivity index (χ4v) is 5.47. The van der Waals surface area contributed by atoms with Gasteiger partial charge in [-0.3, -0.25) is 9.78 Å². The molecule has 4 rings (SSSR count). The summed E-state index contributed by atoms with van der Waals surface area (Å²) in [4.78, 5) is 18.3. The van der Waals surface area contributed by atoms with E-state index in [1.165, 1.54) is 12.1 Å². The molecule has 2 heterocycles. The predicted molar refractivity (Wildman–Crippen MR) is 137 cm³/mol. The molecule has 0 spiro atoms. The number of hydrogen-bond donors (Lipinski definition) is 1. The van der Waals surface area contributed by atoms with Crippen LogP contribution >= 0.6 is 0 Å². The average Bonchev–Trinajstić information content (AvgIpc) is 2.91. The first-order chi connectivity index (χ1) is 18.2. The molecule has 0 bridgehead atoms. The highest BCUT2D eigenvalue weighted by molar-refractivity contribution is 5.83. The van der Waals surface area contributed by atoms with Crippen molar-refractivity contribution in [2.24, 2.45) is 11.8 Å². The summed E-state index contributed by atoms with van der Waals surface area (Å²) in [6.45, 7) is 1.47. The molecule has 0 saturated carbocycles. The van der Waals surface area contributed by atoms with Gasteiger partial charge in [0.05, 0.1) is 24.1 Å². The smallest absolute Gasteiger partial charge is 0.416 e. The number of ether oxygens (including phenoxy) is 1. The lowest BCUT2D eigenvalue weighted by Gasteiger charge is -2.37. The van der Waals surface area contributed by atoms with E-state index in [4.69, 9.17) is 4.74 Å². The molecule has 0 radical (unpaired) electrons. The van der Waals surface area contributed by atoms with E-state index < -0.39 is 29.8 Å². The SMILES string of the molecule is COc1ccc2nccc(C(F)CC[C@@H]3CCN(CCCc4ccccc4C(F)(F)F)C[C@@H]3C(=O)O)c2c1. The monoisotopic (exact) mass is 532 g/mol. The Kier molecular flexibility index (Phi) is 8.87. The zero-order chi connectivity index (χ0) is 27.3. The highest BCUT2D eigenvalue weighted by Gasteiger charge is 2.35. The van der Waals surface area contributed by atoms with Crippen molar-refractivity contribution in [1.29, 1.82) is 0 Å². The summed E-state index contributed by atoms with van der Waals surface area (Å²) in [5.74, 6) is -1.13. The number of likely N-dealkylation sites (tertiary alicyclic amines) is 1. The second-order valence-corrected chi connectivity index (χ2v) is 9.88. The summed E-state index contributed by atoms with van der Waals surface area (Å²) in [7, 11) is 1.55. The van der Waals surface area contributed by atoms with Crippen molar-refractivity contribution in [3.8, 4) is 5.75 Å². The van der Waals surface area contributed by atoms with Gasteiger partial charge in [-0.2, -0.15) is 13.2 Å². The van der Waals surface area contributed by atoms with Crippen molar-refractivity contribution < 1.29 is 32.2 Å². The number of halogens is 4. The summed E-state index contributed by atoms with van der Waals surface area (Å²) in [6.07, 6.45) is -2.11. The number of aryl methyl sites for hydroxylation is 1. The van der Waals surface area contributed by atoms with Crippen molar-refractivity contribution in [3.05, 3.63) is 71.4 Å². The van der Waals surface area contributed by atoms with Crippen LogP contribution in [0.4, 0.5) is 17.6 Å². The average molecular weight is 533 g/mol. The zero-order valence-corrected chi connectivity index (χ0v) is 21.3. The van der Waals surface area contributed by atoms with Crippen LogP contribution in [-0.4, -0.2) is 47.7 Å². The molecule has 204 valence electrons. The normalized spacial score (nSPS) is 19.4. The third-order valence-corrected chi connectivity index (χ3v) is 7.51. The highest BCUT2D eigenvalue weighted by Crippen LogP contribution is 2.36. The maximum absolute atomic E-state index is 15.4. The Hall–Kier alpha value is -3.20.